The minimum atomic E-state index is -0.823. The highest BCUT2D eigenvalue weighted by atomic mass is 79.9. The van der Waals surface area contributed by atoms with Crippen LogP contribution in [0.3, 0.4) is 0 Å². The molecule has 0 saturated carbocycles. The number of carboxylic acid groups (broad SMARTS) is 1. The molecule has 2 unspecified atom stereocenters. The third kappa shape index (κ3) is 4.48. The molecule has 1 saturated heterocycles. The quantitative estimate of drug-likeness (QED) is 0.529. The van der Waals surface area contributed by atoms with E-state index in [0.29, 0.717) is 35.4 Å². The van der Waals surface area contributed by atoms with Crippen molar-refractivity contribution >= 4 is 45.1 Å². The molecule has 1 N–H and O–H groups in total. The number of carboxylic acids is 1. The largest absolute Gasteiger partial charge is 0.494 e. The van der Waals surface area contributed by atoms with Gasteiger partial charge in [-0.25, -0.2) is 0 Å². The lowest BCUT2D eigenvalue weighted by molar-refractivity contribution is -0.145. The van der Waals surface area contributed by atoms with Gasteiger partial charge in [-0.05, 0) is 56.1 Å². The van der Waals surface area contributed by atoms with E-state index < -0.39 is 12.0 Å². The molecule has 3 rings (SSSR count). The number of aliphatic carboxylic acids is 1. The number of nitrogens with zero attached hydrogens (tertiary/aromatic N) is 1. The maximum Gasteiger partial charge on any atom is 0.320 e. The van der Waals surface area contributed by atoms with Crippen LogP contribution in [-0.4, -0.2) is 35.2 Å². The van der Waals surface area contributed by atoms with Crippen LogP contribution in [-0.2, 0) is 4.79 Å². The third-order valence-electron chi connectivity index (χ3n) is 5.00. The van der Waals surface area contributed by atoms with Crippen molar-refractivity contribution in [3.05, 3.63) is 62.0 Å². The number of rotatable bonds is 6. The maximum absolute atomic E-state index is 12.0. The van der Waals surface area contributed by atoms with Crippen LogP contribution in [0, 0.1) is 0 Å². The summed E-state index contributed by atoms with van der Waals surface area (Å²) in [6.07, 6.45) is 2.42. The standard InChI is InChI=1S/C21H22BrCl2NO3/c1-2-28-18-10-9-13(22)12-15(18)20(14-6-5-7-16(23)19(14)24)25-11-4-3-8-17(25)21(26)27/h5-7,9-10,12,17,20H,2-4,8,11H2,1H3,(H,26,27). The van der Waals surface area contributed by atoms with Gasteiger partial charge in [0.2, 0.25) is 0 Å². The fraction of sp³-hybridized carbons (Fsp3) is 0.381. The lowest BCUT2D eigenvalue weighted by atomic mass is 9.91. The van der Waals surface area contributed by atoms with E-state index in [9.17, 15) is 9.90 Å². The molecule has 0 aliphatic carbocycles. The Hall–Kier alpha value is -1.27. The first kappa shape index (κ1) is 21.4. The predicted octanol–water partition coefficient (Wildman–Crippen LogP) is 6.18. The summed E-state index contributed by atoms with van der Waals surface area (Å²) >= 11 is 16.4. The molecule has 2 aromatic carbocycles. The highest BCUT2D eigenvalue weighted by Crippen LogP contribution is 2.43. The van der Waals surface area contributed by atoms with E-state index in [1.807, 2.05) is 42.2 Å². The molecule has 2 aromatic rings. The van der Waals surface area contributed by atoms with Crippen LogP contribution in [0.2, 0.25) is 10.0 Å². The van der Waals surface area contributed by atoms with Crippen molar-refractivity contribution in [1.82, 2.24) is 4.90 Å². The second kappa shape index (κ2) is 9.49. The van der Waals surface area contributed by atoms with Gasteiger partial charge in [0.1, 0.15) is 11.8 Å². The minimum absolute atomic E-state index is 0.383. The van der Waals surface area contributed by atoms with Gasteiger partial charge in [-0.15, -0.1) is 0 Å². The SMILES string of the molecule is CCOc1ccc(Br)cc1C(c1cccc(Cl)c1Cl)N1CCCCC1C(=O)O. The second-order valence-corrected chi connectivity index (χ2v) is 8.45. The fourth-order valence-corrected chi connectivity index (χ4v) is 4.59. The summed E-state index contributed by atoms with van der Waals surface area (Å²) in [5.41, 5.74) is 1.65. The van der Waals surface area contributed by atoms with Gasteiger partial charge in [0, 0.05) is 10.0 Å². The van der Waals surface area contributed by atoms with Crippen molar-refractivity contribution in [2.24, 2.45) is 0 Å². The highest BCUT2D eigenvalue weighted by molar-refractivity contribution is 9.10. The Balaban J connectivity index is 2.22. The predicted molar refractivity (Wildman–Crippen MR) is 116 cm³/mol. The Morgan fingerprint density at radius 2 is 2.07 bits per heavy atom. The fourth-order valence-electron chi connectivity index (χ4n) is 3.80. The molecular weight excluding hydrogens is 465 g/mol. The van der Waals surface area contributed by atoms with Crippen LogP contribution in [0.25, 0.3) is 0 Å². The van der Waals surface area contributed by atoms with Gasteiger partial charge in [0.25, 0.3) is 0 Å². The molecule has 1 aliphatic rings. The van der Waals surface area contributed by atoms with Crippen LogP contribution in [0.5, 0.6) is 5.75 Å². The van der Waals surface area contributed by atoms with Crippen LogP contribution in [0.15, 0.2) is 40.9 Å². The average molecular weight is 487 g/mol. The van der Waals surface area contributed by atoms with E-state index in [-0.39, 0.29) is 6.04 Å². The summed E-state index contributed by atoms with van der Waals surface area (Å²) in [7, 11) is 0. The van der Waals surface area contributed by atoms with E-state index >= 15 is 0 Å². The van der Waals surface area contributed by atoms with Crippen molar-refractivity contribution in [1.29, 1.82) is 0 Å². The first-order chi connectivity index (χ1) is 13.4. The third-order valence-corrected chi connectivity index (χ3v) is 6.33. The Labute approximate surface area is 183 Å². The van der Waals surface area contributed by atoms with Crippen molar-refractivity contribution in [3.63, 3.8) is 0 Å². The Morgan fingerprint density at radius 1 is 1.29 bits per heavy atom. The van der Waals surface area contributed by atoms with E-state index in [1.165, 1.54) is 0 Å². The zero-order valence-electron chi connectivity index (χ0n) is 15.5. The molecule has 1 fully saturated rings. The van der Waals surface area contributed by atoms with Crippen molar-refractivity contribution in [2.75, 3.05) is 13.2 Å². The van der Waals surface area contributed by atoms with Crippen LogP contribution < -0.4 is 4.74 Å². The molecule has 0 amide bonds. The van der Waals surface area contributed by atoms with E-state index in [0.717, 1.165) is 28.4 Å². The van der Waals surface area contributed by atoms with Gasteiger partial charge in [-0.3, -0.25) is 9.69 Å². The molecule has 2 atom stereocenters. The van der Waals surface area contributed by atoms with Crippen molar-refractivity contribution in [2.45, 2.75) is 38.3 Å². The monoisotopic (exact) mass is 485 g/mol. The molecular formula is C21H22BrCl2NO3. The Morgan fingerprint density at radius 3 is 2.79 bits per heavy atom. The molecule has 4 nitrogen and oxygen atoms in total. The number of hydrogen-bond donors (Lipinski definition) is 1. The maximum atomic E-state index is 12.0. The summed E-state index contributed by atoms with van der Waals surface area (Å²) in [6.45, 7) is 3.09. The summed E-state index contributed by atoms with van der Waals surface area (Å²) in [5, 5.41) is 10.7. The van der Waals surface area contributed by atoms with Crippen molar-refractivity contribution < 1.29 is 14.6 Å². The lowest BCUT2D eigenvalue weighted by Crippen LogP contribution is -2.47. The van der Waals surface area contributed by atoms with Gasteiger partial charge in [-0.1, -0.05) is 57.7 Å². The van der Waals surface area contributed by atoms with Crippen molar-refractivity contribution in [3.8, 4) is 5.75 Å². The zero-order chi connectivity index (χ0) is 20.3. The van der Waals surface area contributed by atoms with Gasteiger partial charge in [0.05, 0.1) is 22.7 Å². The van der Waals surface area contributed by atoms with Gasteiger partial charge < -0.3 is 9.84 Å². The van der Waals surface area contributed by atoms with E-state index in [1.54, 1.807) is 6.07 Å². The normalized spacial score (nSPS) is 18.6. The van der Waals surface area contributed by atoms with Gasteiger partial charge in [0.15, 0.2) is 0 Å². The van der Waals surface area contributed by atoms with Gasteiger partial charge >= 0.3 is 5.97 Å². The zero-order valence-corrected chi connectivity index (χ0v) is 18.6. The second-order valence-electron chi connectivity index (χ2n) is 6.75. The first-order valence-corrected chi connectivity index (χ1v) is 10.8. The molecule has 0 aromatic heterocycles. The summed E-state index contributed by atoms with van der Waals surface area (Å²) in [5.74, 6) is -0.114. The van der Waals surface area contributed by atoms with Crippen LogP contribution in [0.1, 0.15) is 43.4 Å². The first-order valence-electron chi connectivity index (χ1n) is 9.28. The smallest absolute Gasteiger partial charge is 0.320 e. The number of piperidine rings is 1. The molecule has 0 spiro atoms. The molecule has 7 heteroatoms. The summed E-state index contributed by atoms with van der Waals surface area (Å²) in [4.78, 5) is 14.0. The minimum Gasteiger partial charge on any atom is -0.494 e. The molecule has 0 bridgehead atoms. The van der Waals surface area contributed by atoms with Crippen LogP contribution >= 0.6 is 39.1 Å². The highest BCUT2D eigenvalue weighted by Gasteiger charge is 2.37. The van der Waals surface area contributed by atoms with E-state index in [4.69, 9.17) is 27.9 Å². The number of hydrogen-bond acceptors (Lipinski definition) is 3. The lowest BCUT2D eigenvalue weighted by Gasteiger charge is -2.40. The summed E-state index contributed by atoms with van der Waals surface area (Å²) < 4.78 is 6.77. The Bertz CT molecular complexity index is 862. The molecule has 0 radical (unpaired) electrons. The Kier molecular flexibility index (Phi) is 7.26. The molecule has 150 valence electrons. The van der Waals surface area contributed by atoms with Gasteiger partial charge in [-0.2, -0.15) is 0 Å². The molecule has 1 aliphatic heterocycles. The molecule has 1 heterocycles. The average Bonchev–Trinajstić information content (AvgIpc) is 2.68. The van der Waals surface area contributed by atoms with Crippen LogP contribution in [0.4, 0.5) is 0 Å². The summed E-state index contributed by atoms with van der Waals surface area (Å²) in [6, 6.07) is 10.3. The number of benzene rings is 2. The number of halogens is 3. The topological polar surface area (TPSA) is 49.8 Å². The molecule has 28 heavy (non-hydrogen) atoms. The number of carbonyl (C=O) groups is 1. The number of likely N-dealkylation sites (tertiary alicyclic amines) is 1. The van der Waals surface area contributed by atoms with E-state index in [2.05, 4.69) is 15.9 Å². The number of ether oxygens (including phenoxy) is 1.